The molecule has 0 radical (unpaired) electrons. The van der Waals surface area contributed by atoms with E-state index < -0.39 is 0 Å². The van der Waals surface area contributed by atoms with Crippen molar-refractivity contribution in [2.24, 2.45) is 0 Å². The summed E-state index contributed by atoms with van der Waals surface area (Å²) in [5, 5.41) is 3.31. The zero-order valence-electron chi connectivity index (χ0n) is 14.2. The van der Waals surface area contributed by atoms with Crippen LogP contribution < -0.4 is 9.47 Å². The summed E-state index contributed by atoms with van der Waals surface area (Å²) in [5.74, 6) is 1.44. The van der Waals surface area contributed by atoms with E-state index in [1.54, 1.807) is 14.2 Å². The van der Waals surface area contributed by atoms with Crippen molar-refractivity contribution in [3.63, 3.8) is 0 Å². The predicted molar refractivity (Wildman–Crippen MR) is 99.4 cm³/mol. The molecule has 0 saturated carbocycles. The highest BCUT2D eigenvalue weighted by molar-refractivity contribution is 5.89. The normalized spacial score (nSPS) is 11.0. The lowest BCUT2D eigenvalue weighted by Gasteiger charge is -2.12. The Morgan fingerprint density at radius 1 is 0.800 bits per heavy atom. The van der Waals surface area contributed by atoms with E-state index >= 15 is 0 Å². The molecular weight excluding hydrogens is 312 g/mol. The minimum Gasteiger partial charge on any atom is -0.493 e. The molecule has 2 heterocycles. The molecule has 0 aliphatic carbocycles. The summed E-state index contributed by atoms with van der Waals surface area (Å²) in [4.78, 5) is 9.06. The monoisotopic (exact) mass is 330 g/mol. The molecule has 0 spiro atoms. The van der Waals surface area contributed by atoms with Gasteiger partial charge in [0.25, 0.3) is 0 Å². The third-order valence-electron chi connectivity index (χ3n) is 4.44. The van der Waals surface area contributed by atoms with E-state index in [-0.39, 0.29) is 0 Å². The molecule has 4 rings (SSSR count). The maximum atomic E-state index is 5.46. The molecule has 2 aromatic heterocycles. The fraction of sp³-hybridized carbons (Fsp3) is 0.143. The number of hydrogen-bond donors (Lipinski definition) is 0. The van der Waals surface area contributed by atoms with Gasteiger partial charge >= 0.3 is 0 Å². The van der Waals surface area contributed by atoms with Gasteiger partial charge in [-0.3, -0.25) is 9.97 Å². The summed E-state index contributed by atoms with van der Waals surface area (Å²) < 4.78 is 10.9. The van der Waals surface area contributed by atoms with E-state index in [9.17, 15) is 0 Å². The van der Waals surface area contributed by atoms with Crippen molar-refractivity contribution in [1.82, 2.24) is 9.97 Å². The summed E-state index contributed by atoms with van der Waals surface area (Å²) >= 11 is 0. The van der Waals surface area contributed by atoms with Crippen LogP contribution in [0, 0.1) is 0 Å². The molecule has 0 aliphatic rings. The van der Waals surface area contributed by atoms with Crippen LogP contribution >= 0.6 is 0 Å². The molecule has 0 amide bonds. The number of rotatable bonds is 4. The van der Waals surface area contributed by atoms with Crippen LogP contribution in [0.3, 0.4) is 0 Å². The van der Waals surface area contributed by atoms with Crippen molar-refractivity contribution in [1.29, 1.82) is 0 Å². The number of aromatic nitrogens is 2. The van der Waals surface area contributed by atoms with E-state index in [2.05, 4.69) is 22.1 Å². The lowest BCUT2D eigenvalue weighted by Crippen LogP contribution is -1.97. The first-order valence-corrected chi connectivity index (χ1v) is 8.12. The average Bonchev–Trinajstić information content (AvgIpc) is 2.67. The van der Waals surface area contributed by atoms with Gasteiger partial charge in [-0.2, -0.15) is 0 Å². The Morgan fingerprint density at radius 3 is 2.48 bits per heavy atom. The Hall–Kier alpha value is -3.14. The van der Waals surface area contributed by atoms with E-state index in [0.717, 1.165) is 39.5 Å². The molecule has 0 unspecified atom stereocenters. The minimum atomic E-state index is 0.712. The molecule has 4 aromatic rings. The van der Waals surface area contributed by atoms with E-state index in [4.69, 9.17) is 9.47 Å². The maximum Gasteiger partial charge on any atom is 0.161 e. The van der Waals surface area contributed by atoms with Gasteiger partial charge in [0.1, 0.15) is 0 Å². The third kappa shape index (κ3) is 2.76. The molecule has 0 saturated heterocycles. The molecule has 4 nitrogen and oxygen atoms in total. The van der Waals surface area contributed by atoms with Gasteiger partial charge in [0, 0.05) is 29.6 Å². The quantitative estimate of drug-likeness (QED) is 0.556. The van der Waals surface area contributed by atoms with Crippen LogP contribution in [0.5, 0.6) is 11.5 Å². The van der Waals surface area contributed by atoms with Crippen molar-refractivity contribution < 1.29 is 9.47 Å². The SMILES string of the molecule is COc1cc2ccnc(Cc3cccc4ncccc34)c2cc1OC. The largest absolute Gasteiger partial charge is 0.493 e. The fourth-order valence-corrected chi connectivity index (χ4v) is 3.20. The van der Waals surface area contributed by atoms with E-state index in [1.807, 2.05) is 48.8 Å². The Labute approximate surface area is 146 Å². The molecule has 0 N–H and O–H groups in total. The van der Waals surface area contributed by atoms with Crippen LogP contribution in [0.25, 0.3) is 21.7 Å². The highest BCUT2D eigenvalue weighted by Gasteiger charge is 2.11. The number of benzene rings is 2. The van der Waals surface area contributed by atoms with Crippen molar-refractivity contribution in [3.05, 3.63) is 72.2 Å². The van der Waals surface area contributed by atoms with Gasteiger partial charge in [-0.1, -0.05) is 18.2 Å². The molecular formula is C21H18N2O2. The van der Waals surface area contributed by atoms with Gasteiger partial charge < -0.3 is 9.47 Å². The number of nitrogens with zero attached hydrogens (tertiary/aromatic N) is 2. The molecule has 0 fully saturated rings. The Bertz CT molecular complexity index is 1050. The van der Waals surface area contributed by atoms with E-state index in [1.165, 1.54) is 5.56 Å². The van der Waals surface area contributed by atoms with Gasteiger partial charge in [-0.15, -0.1) is 0 Å². The molecule has 0 aliphatic heterocycles. The zero-order chi connectivity index (χ0) is 17.2. The van der Waals surface area contributed by atoms with Gasteiger partial charge in [0.15, 0.2) is 11.5 Å². The summed E-state index contributed by atoms with van der Waals surface area (Å²) in [5.41, 5.74) is 3.22. The number of fused-ring (bicyclic) bond motifs is 2. The highest BCUT2D eigenvalue weighted by atomic mass is 16.5. The molecule has 0 atom stereocenters. The number of methoxy groups -OCH3 is 2. The van der Waals surface area contributed by atoms with Crippen LogP contribution in [-0.2, 0) is 6.42 Å². The predicted octanol–water partition coefficient (Wildman–Crippen LogP) is 4.39. The van der Waals surface area contributed by atoms with Gasteiger partial charge in [0.2, 0.25) is 0 Å². The first-order chi connectivity index (χ1) is 12.3. The van der Waals surface area contributed by atoms with Crippen LogP contribution in [-0.4, -0.2) is 24.2 Å². The second-order valence-electron chi connectivity index (χ2n) is 5.85. The van der Waals surface area contributed by atoms with Crippen LogP contribution in [0.15, 0.2) is 60.9 Å². The molecule has 25 heavy (non-hydrogen) atoms. The fourth-order valence-electron chi connectivity index (χ4n) is 3.20. The first-order valence-electron chi connectivity index (χ1n) is 8.12. The molecule has 2 aromatic carbocycles. The third-order valence-corrected chi connectivity index (χ3v) is 4.44. The molecule has 4 heteroatoms. The summed E-state index contributed by atoms with van der Waals surface area (Å²) in [7, 11) is 3.30. The zero-order valence-corrected chi connectivity index (χ0v) is 14.2. The van der Waals surface area contributed by atoms with Crippen molar-refractivity contribution in [3.8, 4) is 11.5 Å². The second-order valence-corrected chi connectivity index (χ2v) is 5.85. The summed E-state index contributed by atoms with van der Waals surface area (Å²) in [6.45, 7) is 0. The van der Waals surface area contributed by atoms with Crippen LogP contribution in [0.1, 0.15) is 11.3 Å². The van der Waals surface area contributed by atoms with E-state index in [0.29, 0.717) is 5.75 Å². The second kappa shape index (κ2) is 6.40. The minimum absolute atomic E-state index is 0.712. The van der Waals surface area contributed by atoms with Crippen molar-refractivity contribution in [2.75, 3.05) is 14.2 Å². The Balaban J connectivity index is 1.86. The standard InChI is InChI=1S/C21H18N2O2/c1-24-20-12-15-8-10-23-19(17(15)13-21(20)25-2)11-14-5-3-7-18-16(14)6-4-9-22-18/h3-10,12-13H,11H2,1-2H3. The van der Waals surface area contributed by atoms with Crippen molar-refractivity contribution >= 4 is 21.7 Å². The number of ether oxygens (including phenoxy) is 2. The van der Waals surface area contributed by atoms with Crippen LogP contribution in [0.2, 0.25) is 0 Å². The lowest BCUT2D eigenvalue weighted by molar-refractivity contribution is 0.356. The average molecular weight is 330 g/mol. The summed E-state index contributed by atoms with van der Waals surface area (Å²) in [6, 6.07) is 16.3. The lowest BCUT2D eigenvalue weighted by atomic mass is 10.00. The highest BCUT2D eigenvalue weighted by Crippen LogP contribution is 2.34. The smallest absolute Gasteiger partial charge is 0.161 e. The summed E-state index contributed by atoms with van der Waals surface area (Å²) in [6.07, 6.45) is 4.39. The van der Waals surface area contributed by atoms with Gasteiger partial charge in [0.05, 0.1) is 25.4 Å². The Morgan fingerprint density at radius 2 is 1.64 bits per heavy atom. The molecule has 124 valence electrons. The number of hydrogen-bond acceptors (Lipinski definition) is 4. The Kier molecular flexibility index (Phi) is 3.94. The van der Waals surface area contributed by atoms with Crippen LogP contribution in [0.4, 0.5) is 0 Å². The molecule has 0 bridgehead atoms. The van der Waals surface area contributed by atoms with Gasteiger partial charge in [-0.05, 0) is 41.3 Å². The van der Waals surface area contributed by atoms with Crippen molar-refractivity contribution in [2.45, 2.75) is 6.42 Å². The topological polar surface area (TPSA) is 44.2 Å². The number of pyridine rings is 2. The maximum absolute atomic E-state index is 5.46. The van der Waals surface area contributed by atoms with Gasteiger partial charge in [-0.25, -0.2) is 0 Å². The first kappa shape index (κ1) is 15.4.